The highest BCUT2D eigenvalue weighted by Gasteiger charge is 2.38. The number of aryl methyl sites for hydroxylation is 1. The van der Waals surface area contributed by atoms with E-state index >= 15 is 0 Å². The average Bonchev–Trinajstić information content (AvgIpc) is 2.45. The van der Waals surface area contributed by atoms with Gasteiger partial charge in [0.2, 0.25) is 0 Å². The fraction of sp³-hybridized carbons (Fsp3) is 0.500. The summed E-state index contributed by atoms with van der Waals surface area (Å²) in [6.45, 7) is 1.81. The molecule has 2 rings (SSSR count). The van der Waals surface area contributed by atoms with Gasteiger partial charge in [-0.2, -0.15) is 21.6 Å². The number of allylic oxidation sites excluding steroid dienone is 2. The molecule has 0 saturated carbocycles. The first-order chi connectivity index (χ1) is 11.2. The summed E-state index contributed by atoms with van der Waals surface area (Å²) in [5.41, 5.74) is -3.54. The minimum absolute atomic E-state index is 0.0403. The van der Waals surface area contributed by atoms with E-state index < -0.39 is 27.0 Å². The van der Waals surface area contributed by atoms with Gasteiger partial charge in [-0.1, -0.05) is 29.8 Å². The maximum absolute atomic E-state index is 12.8. The number of halogens is 3. The van der Waals surface area contributed by atoms with E-state index in [0.29, 0.717) is 12.8 Å². The Hall–Kier alpha value is -0.990. The van der Waals surface area contributed by atoms with Crippen LogP contribution in [0.25, 0.3) is 0 Å². The van der Waals surface area contributed by atoms with Gasteiger partial charge in [0.25, 0.3) is 10.1 Å². The molecule has 0 heterocycles. The fourth-order valence-corrected chi connectivity index (χ4v) is 4.62. The Balaban J connectivity index is 2.21. The van der Waals surface area contributed by atoms with Gasteiger partial charge >= 0.3 is 5.51 Å². The lowest BCUT2D eigenvalue weighted by Gasteiger charge is -2.27. The predicted octanol–water partition coefficient (Wildman–Crippen LogP) is 4.82. The summed E-state index contributed by atoms with van der Waals surface area (Å²) in [7, 11) is -4.10. The highest BCUT2D eigenvalue weighted by atomic mass is 32.2. The third-order valence-corrected chi connectivity index (χ3v) is 6.12. The van der Waals surface area contributed by atoms with Gasteiger partial charge in [-0.25, -0.2) is 0 Å². The van der Waals surface area contributed by atoms with Crippen LogP contribution in [0.5, 0.6) is 0 Å². The second-order valence-corrected chi connectivity index (χ2v) is 8.51. The molecule has 0 N–H and O–H groups in total. The summed E-state index contributed by atoms with van der Waals surface area (Å²) in [5.74, 6) is 0. The summed E-state index contributed by atoms with van der Waals surface area (Å²) < 4.78 is 68.4. The summed E-state index contributed by atoms with van der Waals surface area (Å²) in [6.07, 6.45) is 4.08. The highest BCUT2D eigenvalue weighted by Crippen LogP contribution is 2.40. The predicted molar refractivity (Wildman–Crippen MR) is 88.3 cm³/mol. The van der Waals surface area contributed by atoms with Crippen molar-refractivity contribution in [1.29, 1.82) is 0 Å². The zero-order valence-electron chi connectivity index (χ0n) is 13.1. The topological polar surface area (TPSA) is 43.4 Å². The first-order valence-corrected chi connectivity index (χ1v) is 9.86. The van der Waals surface area contributed by atoms with Crippen molar-refractivity contribution in [3.63, 3.8) is 0 Å². The smallest absolute Gasteiger partial charge is 0.262 e. The van der Waals surface area contributed by atoms with Crippen molar-refractivity contribution < 1.29 is 25.8 Å². The molecule has 3 nitrogen and oxygen atoms in total. The average molecular weight is 380 g/mol. The third kappa shape index (κ3) is 5.82. The van der Waals surface area contributed by atoms with Gasteiger partial charge in [-0.3, -0.25) is 4.18 Å². The minimum atomic E-state index is -4.43. The van der Waals surface area contributed by atoms with Gasteiger partial charge in [0.15, 0.2) is 0 Å². The van der Waals surface area contributed by atoms with Crippen molar-refractivity contribution in [1.82, 2.24) is 0 Å². The van der Waals surface area contributed by atoms with E-state index in [1.54, 1.807) is 12.1 Å². The zero-order valence-corrected chi connectivity index (χ0v) is 14.8. The van der Waals surface area contributed by atoms with Crippen LogP contribution >= 0.6 is 11.8 Å². The summed E-state index contributed by atoms with van der Waals surface area (Å²) in [5, 5.41) is -0.949. The Morgan fingerprint density at radius 2 is 1.67 bits per heavy atom. The largest absolute Gasteiger partial charge is 0.442 e. The summed E-state index contributed by atoms with van der Waals surface area (Å²) >= 11 is -0.177. The quantitative estimate of drug-likeness (QED) is 0.555. The van der Waals surface area contributed by atoms with Crippen LogP contribution in [0, 0.1) is 6.92 Å². The van der Waals surface area contributed by atoms with E-state index in [9.17, 15) is 21.6 Å². The van der Waals surface area contributed by atoms with Crippen LogP contribution in [-0.2, 0) is 14.3 Å². The monoisotopic (exact) mass is 380 g/mol. The molecular formula is C16H19F3O3S2. The van der Waals surface area contributed by atoms with Gasteiger partial charge < -0.3 is 0 Å². The molecule has 0 bridgehead atoms. The lowest BCUT2D eigenvalue weighted by molar-refractivity contribution is -0.0343. The molecule has 0 amide bonds. The van der Waals surface area contributed by atoms with E-state index in [0.717, 1.165) is 5.56 Å². The van der Waals surface area contributed by atoms with Crippen molar-refractivity contribution in [2.45, 2.75) is 54.4 Å². The molecule has 134 valence electrons. The minimum Gasteiger partial charge on any atom is -0.262 e. The zero-order chi connectivity index (χ0) is 17.8. The lowest BCUT2D eigenvalue weighted by atomic mass is 10.0. The van der Waals surface area contributed by atoms with Crippen LogP contribution in [0.15, 0.2) is 41.3 Å². The standard InChI is InChI=1S/C16H19F3O3S2/c1-12-8-10-13(11-9-12)24(20,21)22-14-6-4-2-3-5-7-15(14)23-16(17,18)19/h2-3,8-11,14-15H,4-7H2,1H3/b3-2-/t14-,15-/m1/s1. The van der Waals surface area contributed by atoms with Gasteiger partial charge in [-0.05, 0) is 56.5 Å². The molecule has 1 aliphatic rings. The van der Waals surface area contributed by atoms with Gasteiger partial charge in [0.1, 0.15) is 0 Å². The third-order valence-electron chi connectivity index (χ3n) is 3.66. The molecule has 0 aromatic heterocycles. The van der Waals surface area contributed by atoms with Crippen LogP contribution in [0.1, 0.15) is 31.2 Å². The Morgan fingerprint density at radius 1 is 1.08 bits per heavy atom. The first kappa shape index (κ1) is 19.3. The van der Waals surface area contributed by atoms with E-state index in [1.807, 2.05) is 19.1 Å². The molecule has 0 aliphatic heterocycles. The Morgan fingerprint density at radius 3 is 2.25 bits per heavy atom. The molecule has 8 heteroatoms. The van der Waals surface area contributed by atoms with Crippen molar-refractivity contribution >= 4 is 21.9 Å². The molecule has 1 aromatic rings. The molecule has 0 unspecified atom stereocenters. The van der Waals surface area contributed by atoms with Crippen LogP contribution < -0.4 is 0 Å². The maximum Gasteiger partial charge on any atom is 0.442 e. The molecule has 0 radical (unpaired) electrons. The number of thioether (sulfide) groups is 1. The maximum atomic E-state index is 12.8. The van der Waals surface area contributed by atoms with Crippen molar-refractivity contribution in [3.8, 4) is 0 Å². The van der Waals surface area contributed by atoms with Crippen molar-refractivity contribution in [2.24, 2.45) is 0 Å². The molecule has 2 atom stereocenters. The van der Waals surface area contributed by atoms with Crippen LogP contribution in [0.3, 0.4) is 0 Å². The van der Waals surface area contributed by atoms with E-state index in [-0.39, 0.29) is 29.5 Å². The van der Waals surface area contributed by atoms with Crippen molar-refractivity contribution in [3.05, 3.63) is 42.0 Å². The van der Waals surface area contributed by atoms with Crippen LogP contribution in [-0.4, -0.2) is 25.3 Å². The second-order valence-electron chi connectivity index (χ2n) is 5.63. The SMILES string of the molecule is Cc1ccc(S(=O)(=O)O[C@@H]2CC/C=C\CC[C@H]2SC(F)(F)F)cc1. The van der Waals surface area contributed by atoms with E-state index in [4.69, 9.17) is 4.18 Å². The second kappa shape index (κ2) is 7.93. The number of rotatable bonds is 4. The molecular weight excluding hydrogens is 361 g/mol. The summed E-state index contributed by atoms with van der Waals surface area (Å²) in [4.78, 5) is -0.0403. The Labute approximate surface area is 144 Å². The molecule has 0 saturated heterocycles. The number of hydrogen-bond donors (Lipinski definition) is 0. The molecule has 0 fully saturated rings. The van der Waals surface area contributed by atoms with E-state index in [2.05, 4.69) is 0 Å². The molecule has 1 aromatic carbocycles. The highest BCUT2D eigenvalue weighted by molar-refractivity contribution is 8.00. The fourth-order valence-electron chi connectivity index (χ4n) is 2.47. The van der Waals surface area contributed by atoms with Crippen LogP contribution in [0.4, 0.5) is 13.2 Å². The molecule has 24 heavy (non-hydrogen) atoms. The van der Waals surface area contributed by atoms with Gasteiger partial charge in [-0.15, -0.1) is 0 Å². The summed E-state index contributed by atoms with van der Waals surface area (Å²) in [6, 6.07) is 6.05. The Bertz CT molecular complexity index is 667. The number of hydrogen-bond acceptors (Lipinski definition) is 4. The number of benzene rings is 1. The normalized spacial score (nSPS) is 24.2. The first-order valence-electron chi connectivity index (χ1n) is 7.57. The van der Waals surface area contributed by atoms with Gasteiger partial charge in [0.05, 0.1) is 11.0 Å². The van der Waals surface area contributed by atoms with E-state index in [1.165, 1.54) is 12.1 Å². The van der Waals surface area contributed by atoms with Crippen LogP contribution in [0.2, 0.25) is 0 Å². The Kier molecular flexibility index (Phi) is 6.39. The lowest BCUT2D eigenvalue weighted by Crippen LogP contribution is -2.32. The van der Waals surface area contributed by atoms with Crippen molar-refractivity contribution in [2.75, 3.05) is 0 Å². The molecule has 0 spiro atoms. The van der Waals surface area contributed by atoms with Gasteiger partial charge in [0, 0.05) is 5.25 Å². The molecule has 1 aliphatic carbocycles. The number of alkyl halides is 3.